The van der Waals surface area contributed by atoms with Crippen molar-refractivity contribution in [1.29, 1.82) is 0 Å². The lowest BCUT2D eigenvalue weighted by molar-refractivity contribution is -0.137. The van der Waals surface area contributed by atoms with Gasteiger partial charge in [-0.25, -0.2) is 0 Å². The molecule has 0 unspecified atom stereocenters. The van der Waals surface area contributed by atoms with Gasteiger partial charge >= 0.3 is 5.97 Å². The van der Waals surface area contributed by atoms with Gasteiger partial charge in [0.1, 0.15) is 6.54 Å². The molecule has 0 aliphatic rings. The lowest BCUT2D eigenvalue weighted by Crippen LogP contribution is -2.09. The molecule has 0 bridgehead atoms. The average Bonchev–Trinajstić information content (AvgIpc) is 3.07. The van der Waals surface area contributed by atoms with E-state index in [1.54, 1.807) is 0 Å². The van der Waals surface area contributed by atoms with Gasteiger partial charge in [0.15, 0.2) is 0 Å². The molecule has 0 saturated carbocycles. The smallest absolute Gasteiger partial charge is 0.323 e. The lowest BCUT2D eigenvalue weighted by atomic mass is 10.0. The maximum atomic E-state index is 11.3. The number of nitrogens with zero attached hydrogens (tertiary/aromatic N) is 2. The maximum Gasteiger partial charge on any atom is 0.323 e. The van der Waals surface area contributed by atoms with Crippen LogP contribution in [0.15, 0.2) is 42.5 Å². The van der Waals surface area contributed by atoms with Gasteiger partial charge in [-0.15, -0.1) is 0 Å². The fourth-order valence-electron chi connectivity index (χ4n) is 3.30. The Hall–Kier alpha value is -2.66. The van der Waals surface area contributed by atoms with Gasteiger partial charge in [0, 0.05) is 27.5 Å². The monoisotopic (exact) mass is 336 g/mol. The van der Waals surface area contributed by atoms with Crippen LogP contribution >= 0.6 is 11.5 Å². The first-order valence-electron chi connectivity index (χ1n) is 7.72. The summed E-state index contributed by atoms with van der Waals surface area (Å²) in [7, 11) is 0. The third kappa shape index (κ3) is 2.20. The summed E-state index contributed by atoms with van der Waals surface area (Å²) in [6, 6.07) is 14.3. The van der Waals surface area contributed by atoms with Crippen molar-refractivity contribution in [1.82, 2.24) is 8.94 Å². The van der Waals surface area contributed by atoms with Crippen LogP contribution in [0.2, 0.25) is 0 Å². The van der Waals surface area contributed by atoms with Crippen molar-refractivity contribution in [3.8, 4) is 11.3 Å². The second kappa shape index (κ2) is 5.46. The Balaban J connectivity index is 2.09. The second-order valence-corrected chi connectivity index (χ2v) is 6.79. The number of hydrogen-bond donors (Lipinski definition) is 1. The van der Waals surface area contributed by atoms with Crippen LogP contribution in [-0.2, 0) is 11.3 Å². The van der Waals surface area contributed by atoms with Gasteiger partial charge in [-0.1, -0.05) is 29.8 Å². The number of aryl methyl sites for hydroxylation is 1. The largest absolute Gasteiger partial charge is 0.480 e. The van der Waals surface area contributed by atoms with Crippen LogP contribution in [0.1, 0.15) is 11.3 Å². The molecule has 0 radical (unpaired) electrons. The van der Waals surface area contributed by atoms with Crippen molar-refractivity contribution in [3.05, 3.63) is 53.7 Å². The summed E-state index contributed by atoms with van der Waals surface area (Å²) in [5, 5.41) is 11.5. The lowest BCUT2D eigenvalue weighted by Gasteiger charge is -2.05. The Kier molecular flexibility index (Phi) is 3.39. The summed E-state index contributed by atoms with van der Waals surface area (Å²) >= 11 is 1.48. The Morgan fingerprint density at radius 1 is 1.17 bits per heavy atom. The molecule has 4 aromatic rings. The highest BCUT2D eigenvalue weighted by molar-refractivity contribution is 7.13. The van der Waals surface area contributed by atoms with Crippen LogP contribution in [0.25, 0.3) is 32.2 Å². The van der Waals surface area contributed by atoms with Crippen LogP contribution in [0, 0.1) is 13.8 Å². The number of aliphatic carboxylic acids is 1. The molecule has 4 rings (SSSR count). The Morgan fingerprint density at radius 3 is 2.75 bits per heavy atom. The predicted molar refractivity (Wildman–Crippen MR) is 97.7 cm³/mol. The molecule has 120 valence electrons. The number of benzene rings is 2. The van der Waals surface area contributed by atoms with Gasteiger partial charge in [0.05, 0.1) is 10.4 Å². The van der Waals surface area contributed by atoms with Gasteiger partial charge in [-0.2, -0.15) is 4.37 Å². The molecule has 2 heterocycles. The van der Waals surface area contributed by atoms with Gasteiger partial charge in [-0.3, -0.25) is 4.79 Å². The van der Waals surface area contributed by atoms with Gasteiger partial charge < -0.3 is 9.67 Å². The zero-order valence-electron chi connectivity index (χ0n) is 13.4. The number of rotatable bonds is 3. The van der Waals surface area contributed by atoms with Crippen LogP contribution in [0.3, 0.4) is 0 Å². The van der Waals surface area contributed by atoms with E-state index in [1.807, 2.05) is 42.7 Å². The molecule has 24 heavy (non-hydrogen) atoms. The number of fused-ring (bicyclic) bond motifs is 2. The van der Waals surface area contributed by atoms with E-state index in [2.05, 4.69) is 22.6 Å². The molecule has 2 aromatic carbocycles. The molecule has 0 atom stereocenters. The van der Waals surface area contributed by atoms with Gasteiger partial charge in [0.2, 0.25) is 0 Å². The maximum absolute atomic E-state index is 11.3. The Labute approximate surface area is 143 Å². The van der Waals surface area contributed by atoms with Crippen molar-refractivity contribution < 1.29 is 9.90 Å². The highest BCUT2D eigenvalue weighted by atomic mass is 32.1. The van der Waals surface area contributed by atoms with E-state index in [-0.39, 0.29) is 6.54 Å². The minimum Gasteiger partial charge on any atom is -0.480 e. The summed E-state index contributed by atoms with van der Waals surface area (Å²) in [5.74, 6) is -0.842. The minimum absolute atomic E-state index is 0.0482. The Bertz CT molecular complexity index is 1090. The molecule has 0 aliphatic carbocycles. The minimum atomic E-state index is -0.842. The number of aromatic nitrogens is 2. The third-order valence-corrected chi connectivity index (χ3v) is 5.21. The van der Waals surface area contributed by atoms with E-state index in [1.165, 1.54) is 11.5 Å². The van der Waals surface area contributed by atoms with E-state index in [4.69, 9.17) is 0 Å². The summed E-state index contributed by atoms with van der Waals surface area (Å²) < 4.78 is 7.68. The highest BCUT2D eigenvalue weighted by Crippen LogP contribution is 2.39. The summed E-state index contributed by atoms with van der Waals surface area (Å²) in [5.41, 5.74) is 5.00. The normalized spacial score (nSPS) is 11.4. The number of carboxylic acids is 1. The van der Waals surface area contributed by atoms with E-state index in [0.717, 1.165) is 43.5 Å². The predicted octanol–water partition coefficient (Wildman–Crippen LogP) is 4.62. The number of hydrogen-bond acceptors (Lipinski definition) is 3. The fraction of sp³-hybridized carbons (Fsp3) is 0.158. The summed E-state index contributed by atoms with van der Waals surface area (Å²) in [6.45, 7) is 3.97. The SMILES string of the molecule is Cc1ccc2c(c1)c(-c1nsc3ccccc13)c(C)n2CC(=O)O. The summed E-state index contributed by atoms with van der Waals surface area (Å²) in [4.78, 5) is 11.3. The van der Waals surface area contributed by atoms with Crippen LogP contribution in [0.4, 0.5) is 0 Å². The molecule has 5 heteroatoms. The molecule has 0 aliphatic heterocycles. The third-order valence-electron chi connectivity index (χ3n) is 4.39. The number of carboxylic acid groups (broad SMARTS) is 1. The topological polar surface area (TPSA) is 55.1 Å². The van der Waals surface area contributed by atoms with E-state index in [0.29, 0.717) is 0 Å². The standard InChI is InChI=1S/C19H16N2O2S/c1-11-7-8-15-14(9-11)18(12(2)21(15)10-17(22)23)19-13-5-3-4-6-16(13)24-20-19/h3-9H,10H2,1-2H3,(H,22,23). The first-order valence-corrected chi connectivity index (χ1v) is 8.49. The molecule has 2 aromatic heterocycles. The summed E-state index contributed by atoms with van der Waals surface area (Å²) in [6.07, 6.45) is 0. The van der Waals surface area contributed by atoms with Crippen LogP contribution in [-0.4, -0.2) is 20.0 Å². The first kappa shape index (κ1) is 14.9. The number of carbonyl (C=O) groups is 1. The average molecular weight is 336 g/mol. The van der Waals surface area contributed by atoms with E-state index >= 15 is 0 Å². The fourth-order valence-corrected chi connectivity index (χ4v) is 4.08. The van der Waals surface area contributed by atoms with E-state index in [9.17, 15) is 9.90 Å². The zero-order chi connectivity index (χ0) is 16.8. The Morgan fingerprint density at radius 2 is 1.96 bits per heavy atom. The van der Waals surface area contributed by atoms with Crippen molar-refractivity contribution in [2.45, 2.75) is 20.4 Å². The van der Waals surface area contributed by atoms with E-state index < -0.39 is 5.97 Å². The molecule has 1 N–H and O–H groups in total. The van der Waals surface area contributed by atoms with Crippen LogP contribution in [0.5, 0.6) is 0 Å². The van der Waals surface area contributed by atoms with Crippen molar-refractivity contribution in [3.63, 3.8) is 0 Å². The van der Waals surface area contributed by atoms with Gasteiger partial charge in [-0.05, 0) is 43.6 Å². The van der Waals surface area contributed by atoms with Gasteiger partial charge in [0.25, 0.3) is 0 Å². The quantitative estimate of drug-likeness (QED) is 0.594. The first-order chi connectivity index (χ1) is 11.6. The molecule has 0 fully saturated rings. The van der Waals surface area contributed by atoms with Crippen molar-refractivity contribution in [2.75, 3.05) is 0 Å². The van der Waals surface area contributed by atoms with Crippen molar-refractivity contribution in [2.24, 2.45) is 0 Å². The molecule has 0 spiro atoms. The van der Waals surface area contributed by atoms with Crippen LogP contribution < -0.4 is 0 Å². The zero-order valence-corrected chi connectivity index (χ0v) is 14.2. The second-order valence-electron chi connectivity index (χ2n) is 5.99. The molecule has 0 saturated heterocycles. The van der Waals surface area contributed by atoms with Crippen molar-refractivity contribution >= 4 is 38.5 Å². The molecule has 0 amide bonds. The molecular formula is C19H16N2O2S. The molecule has 4 nitrogen and oxygen atoms in total. The molecular weight excluding hydrogens is 320 g/mol. The highest BCUT2D eigenvalue weighted by Gasteiger charge is 2.20.